The second kappa shape index (κ2) is 10.1. The Morgan fingerprint density at radius 1 is 1.10 bits per heavy atom. The Balaban J connectivity index is 1.58. The topological polar surface area (TPSA) is 95.6 Å². The first kappa shape index (κ1) is 23.0. The first-order valence-corrected chi connectivity index (χ1v) is 12.0. The number of rotatable bonds is 7. The van der Waals surface area contributed by atoms with E-state index in [1.165, 1.54) is 28.6 Å². The minimum absolute atomic E-state index is 0.173. The largest absolute Gasteiger partial charge is 0.343 e. The molecule has 0 bridgehead atoms. The molecule has 0 radical (unpaired) electrons. The van der Waals surface area contributed by atoms with Crippen LogP contribution in [0.1, 0.15) is 42.6 Å². The van der Waals surface area contributed by atoms with Crippen molar-refractivity contribution in [2.45, 2.75) is 38.0 Å². The Labute approximate surface area is 183 Å². The first-order valence-electron chi connectivity index (χ1n) is 10.6. The van der Waals surface area contributed by atoms with Crippen molar-refractivity contribution < 1.29 is 18.0 Å². The Bertz CT molecular complexity index is 1040. The van der Waals surface area contributed by atoms with Gasteiger partial charge in [0.15, 0.2) is 0 Å². The molecule has 31 heavy (non-hydrogen) atoms. The van der Waals surface area contributed by atoms with Crippen molar-refractivity contribution in [2.75, 3.05) is 25.0 Å². The number of nitrogens with zero attached hydrogens (tertiary/aromatic N) is 1. The van der Waals surface area contributed by atoms with Crippen LogP contribution in [0.5, 0.6) is 0 Å². The molecule has 0 aliphatic carbocycles. The lowest BCUT2D eigenvalue weighted by Gasteiger charge is -2.30. The predicted molar refractivity (Wildman–Crippen MR) is 120 cm³/mol. The fourth-order valence-electron chi connectivity index (χ4n) is 3.70. The molecule has 1 atom stereocenters. The Hall–Kier alpha value is -2.71. The van der Waals surface area contributed by atoms with E-state index in [0.29, 0.717) is 24.6 Å². The van der Waals surface area contributed by atoms with Gasteiger partial charge in [0.2, 0.25) is 15.9 Å². The van der Waals surface area contributed by atoms with Gasteiger partial charge in [-0.15, -0.1) is 0 Å². The number of benzene rings is 2. The Morgan fingerprint density at radius 2 is 1.81 bits per heavy atom. The van der Waals surface area contributed by atoms with E-state index in [-0.39, 0.29) is 17.3 Å². The van der Waals surface area contributed by atoms with Crippen molar-refractivity contribution in [2.24, 2.45) is 5.92 Å². The smallest absolute Gasteiger partial charge is 0.251 e. The summed E-state index contributed by atoms with van der Waals surface area (Å²) in [5.74, 6) is -0.425. The van der Waals surface area contributed by atoms with Gasteiger partial charge < -0.3 is 10.6 Å². The normalized spacial score (nSPS) is 17.2. The minimum Gasteiger partial charge on any atom is -0.343 e. The lowest BCUT2D eigenvalue weighted by Crippen LogP contribution is -2.39. The number of nitrogens with one attached hydrogen (secondary N) is 2. The van der Waals surface area contributed by atoms with Crippen LogP contribution in [0.15, 0.2) is 53.4 Å². The number of carbonyl (C=O) groups excluding carboxylic acids is 2. The lowest BCUT2D eigenvalue weighted by atomic mass is 10.0. The molecule has 2 aromatic carbocycles. The molecular weight excluding hydrogens is 414 g/mol. The van der Waals surface area contributed by atoms with Gasteiger partial charge >= 0.3 is 0 Å². The predicted octanol–water partition coefficient (Wildman–Crippen LogP) is 3.04. The van der Waals surface area contributed by atoms with Gasteiger partial charge in [0.1, 0.15) is 0 Å². The fourth-order valence-corrected chi connectivity index (χ4v) is 5.30. The summed E-state index contributed by atoms with van der Waals surface area (Å²) in [6.07, 6.45) is 2.67. The summed E-state index contributed by atoms with van der Waals surface area (Å²) in [6, 6.07) is 13.3. The lowest BCUT2D eigenvalue weighted by molar-refractivity contribution is -0.115. The Kier molecular flexibility index (Phi) is 7.46. The van der Waals surface area contributed by atoms with Crippen LogP contribution in [-0.2, 0) is 21.2 Å². The van der Waals surface area contributed by atoms with Gasteiger partial charge in [-0.3, -0.25) is 9.59 Å². The maximum atomic E-state index is 12.8. The SMILES string of the molecule is CCc1ccccc1NC(=O)CNC(=O)c1ccc(S(=O)(=O)N2CCCC(C)C2)cc1. The Morgan fingerprint density at radius 3 is 2.48 bits per heavy atom. The molecule has 0 spiro atoms. The van der Waals surface area contributed by atoms with Crippen LogP contribution in [0, 0.1) is 5.92 Å². The van der Waals surface area contributed by atoms with Crippen LogP contribution < -0.4 is 10.6 Å². The van der Waals surface area contributed by atoms with Gasteiger partial charge in [-0.1, -0.05) is 32.0 Å². The molecule has 0 saturated carbocycles. The molecule has 7 nitrogen and oxygen atoms in total. The van der Waals surface area contributed by atoms with Gasteiger partial charge in [-0.2, -0.15) is 4.31 Å². The zero-order valence-corrected chi connectivity index (χ0v) is 18.7. The molecule has 0 aromatic heterocycles. The molecule has 2 aromatic rings. The molecule has 2 amide bonds. The molecule has 2 N–H and O–H groups in total. The average Bonchev–Trinajstić information content (AvgIpc) is 2.78. The van der Waals surface area contributed by atoms with Crippen molar-refractivity contribution in [1.82, 2.24) is 9.62 Å². The van der Waals surface area contributed by atoms with Gasteiger partial charge in [0.25, 0.3) is 5.91 Å². The van der Waals surface area contributed by atoms with E-state index in [0.717, 1.165) is 30.5 Å². The average molecular weight is 444 g/mol. The van der Waals surface area contributed by atoms with Crippen LogP contribution in [-0.4, -0.2) is 44.2 Å². The maximum Gasteiger partial charge on any atom is 0.251 e. The fraction of sp³-hybridized carbons (Fsp3) is 0.391. The second-order valence-corrected chi connectivity index (χ2v) is 9.81. The highest BCUT2D eigenvalue weighted by atomic mass is 32.2. The van der Waals surface area contributed by atoms with Gasteiger partial charge in [0, 0.05) is 24.3 Å². The zero-order valence-electron chi connectivity index (χ0n) is 17.9. The summed E-state index contributed by atoms with van der Waals surface area (Å²) in [6.45, 7) is 4.91. The molecule has 1 saturated heterocycles. The van der Waals surface area contributed by atoms with Crippen molar-refractivity contribution in [3.05, 3.63) is 59.7 Å². The monoisotopic (exact) mass is 443 g/mol. The molecular formula is C23H29N3O4S. The molecule has 1 fully saturated rings. The summed E-state index contributed by atoms with van der Waals surface area (Å²) in [4.78, 5) is 24.7. The van der Waals surface area contributed by atoms with E-state index in [2.05, 4.69) is 10.6 Å². The number of hydrogen-bond acceptors (Lipinski definition) is 4. The summed E-state index contributed by atoms with van der Waals surface area (Å²) >= 11 is 0. The quantitative estimate of drug-likeness (QED) is 0.688. The maximum absolute atomic E-state index is 12.8. The molecule has 166 valence electrons. The number of carbonyl (C=O) groups is 2. The third-order valence-corrected chi connectivity index (χ3v) is 7.34. The van der Waals surface area contributed by atoms with E-state index in [1.54, 1.807) is 0 Å². The molecule has 1 unspecified atom stereocenters. The first-order chi connectivity index (χ1) is 14.8. The van der Waals surface area contributed by atoms with E-state index in [9.17, 15) is 18.0 Å². The third kappa shape index (κ3) is 5.71. The van der Waals surface area contributed by atoms with Gasteiger partial charge in [-0.05, 0) is 61.1 Å². The van der Waals surface area contributed by atoms with Crippen LogP contribution in [0.4, 0.5) is 5.69 Å². The van der Waals surface area contributed by atoms with Crippen molar-refractivity contribution in [1.29, 1.82) is 0 Å². The number of sulfonamides is 1. The van der Waals surface area contributed by atoms with Crippen LogP contribution >= 0.6 is 0 Å². The number of para-hydroxylation sites is 1. The minimum atomic E-state index is -3.57. The molecule has 1 heterocycles. The highest BCUT2D eigenvalue weighted by Gasteiger charge is 2.28. The van der Waals surface area contributed by atoms with Crippen molar-refractivity contribution in [3.63, 3.8) is 0 Å². The van der Waals surface area contributed by atoms with E-state index in [4.69, 9.17) is 0 Å². The standard InChI is InChI=1S/C23H29N3O4S/c1-3-18-8-4-5-9-21(18)25-22(27)15-24-23(28)19-10-12-20(13-11-19)31(29,30)26-14-6-7-17(2)16-26/h4-5,8-13,17H,3,6-7,14-16H2,1-2H3,(H,24,28)(H,25,27). The second-order valence-electron chi connectivity index (χ2n) is 7.88. The summed E-state index contributed by atoms with van der Waals surface area (Å²) < 4.78 is 27.2. The highest BCUT2D eigenvalue weighted by molar-refractivity contribution is 7.89. The summed E-state index contributed by atoms with van der Waals surface area (Å²) in [7, 11) is -3.57. The molecule has 1 aliphatic heterocycles. The van der Waals surface area contributed by atoms with Gasteiger partial charge in [0.05, 0.1) is 11.4 Å². The number of anilines is 1. The number of piperidine rings is 1. The highest BCUT2D eigenvalue weighted by Crippen LogP contribution is 2.23. The molecule has 3 rings (SSSR count). The van der Waals surface area contributed by atoms with E-state index >= 15 is 0 Å². The zero-order chi connectivity index (χ0) is 22.4. The number of aryl methyl sites for hydroxylation is 1. The van der Waals surface area contributed by atoms with E-state index < -0.39 is 15.9 Å². The third-order valence-electron chi connectivity index (χ3n) is 5.46. The van der Waals surface area contributed by atoms with Crippen LogP contribution in [0.2, 0.25) is 0 Å². The molecule has 8 heteroatoms. The summed E-state index contributed by atoms with van der Waals surface area (Å²) in [5, 5.41) is 5.37. The molecule has 1 aliphatic rings. The van der Waals surface area contributed by atoms with Crippen LogP contribution in [0.3, 0.4) is 0 Å². The van der Waals surface area contributed by atoms with Crippen molar-refractivity contribution in [3.8, 4) is 0 Å². The van der Waals surface area contributed by atoms with E-state index in [1.807, 2.05) is 38.1 Å². The number of hydrogen-bond donors (Lipinski definition) is 2. The van der Waals surface area contributed by atoms with Gasteiger partial charge in [-0.25, -0.2) is 8.42 Å². The van der Waals surface area contributed by atoms with Crippen LogP contribution in [0.25, 0.3) is 0 Å². The number of amides is 2. The van der Waals surface area contributed by atoms with Crippen molar-refractivity contribution >= 4 is 27.5 Å². The summed E-state index contributed by atoms with van der Waals surface area (Å²) in [5.41, 5.74) is 2.04.